The van der Waals surface area contributed by atoms with Crippen molar-refractivity contribution in [2.45, 2.75) is 31.4 Å². The third-order valence-corrected chi connectivity index (χ3v) is 3.10. The Hall–Kier alpha value is -0.840. The van der Waals surface area contributed by atoms with Crippen molar-refractivity contribution in [3.05, 3.63) is 29.0 Å². The summed E-state index contributed by atoms with van der Waals surface area (Å²) in [6.07, 6.45) is 2.33. The van der Waals surface area contributed by atoms with Crippen LogP contribution in [-0.2, 0) is 0 Å². The van der Waals surface area contributed by atoms with Crippen molar-refractivity contribution < 1.29 is 14.2 Å². The number of aliphatic hydroxyl groups is 1. The molecule has 2 rings (SSSR count). The minimum atomic E-state index is -0.974. The summed E-state index contributed by atoms with van der Waals surface area (Å²) in [4.78, 5) is 0. The van der Waals surface area contributed by atoms with E-state index in [2.05, 4.69) is 5.32 Å². The Kier molecular flexibility index (Phi) is 4.10. The quantitative estimate of drug-likeness (QED) is 0.836. The fourth-order valence-corrected chi connectivity index (χ4v) is 1.63. The number of halogens is 2. The van der Waals surface area contributed by atoms with Gasteiger partial charge in [-0.1, -0.05) is 11.6 Å². The summed E-state index contributed by atoms with van der Waals surface area (Å²) >= 11 is 5.57. The zero-order valence-electron chi connectivity index (χ0n) is 10.2. The molecule has 3 nitrogen and oxygen atoms in total. The summed E-state index contributed by atoms with van der Waals surface area (Å²) in [7, 11) is 0. The largest absolute Gasteiger partial charge is 0.490 e. The van der Waals surface area contributed by atoms with Crippen molar-refractivity contribution >= 4 is 11.6 Å². The molecule has 1 unspecified atom stereocenters. The van der Waals surface area contributed by atoms with Gasteiger partial charge in [0, 0.05) is 18.7 Å². The lowest BCUT2D eigenvalue weighted by molar-refractivity contribution is 0.0119. The normalized spacial score (nSPS) is 18.4. The topological polar surface area (TPSA) is 41.5 Å². The highest BCUT2D eigenvalue weighted by Gasteiger charge is 2.27. The SMILES string of the molecule is CC(O)(CNC1CC1)COc1ccc(Cl)c(F)c1. The molecule has 2 N–H and O–H groups in total. The number of hydrogen-bond donors (Lipinski definition) is 2. The molecule has 0 radical (unpaired) electrons. The second-order valence-corrected chi connectivity index (χ2v) is 5.42. The van der Waals surface area contributed by atoms with Crippen LogP contribution >= 0.6 is 11.6 Å². The molecule has 1 aromatic carbocycles. The maximum Gasteiger partial charge on any atom is 0.145 e. The van der Waals surface area contributed by atoms with E-state index in [9.17, 15) is 9.50 Å². The summed E-state index contributed by atoms with van der Waals surface area (Å²) in [5, 5.41) is 13.4. The van der Waals surface area contributed by atoms with Gasteiger partial charge in [0.05, 0.1) is 5.02 Å². The molecule has 0 aromatic heterocycles. The van der Waals surface area contributed by atoms with Crippen molar-refractivity contribution in [2.75, 3.05) is 13.2 Å². The van der Waals surface area contributed by atoms with E-state index in [1.807, 2.05) is 0 Å². The molecule has 0 aliphatic heterocycles. The van der Waals surface area contributed by atoms with Crippen molar-refractivity contribution in [1.29, 1.82) is 0 Å². The first-order valence-electron chi connectivity index (χ1n) is 6.00. The Bertz CT molecular complexity index is 421. The lowest BCUT2D eigenvalue weighted by Gasteiger charge is -2.24. The van der Waals surface area contributed by atoms with Crippen molar-refractivity contribution in [3.8, 4) is 5.75 Å². The highest BCUT2D eigenvalue weighted by atomic mass is 35.5. The van der Waals surface area contributed by atoms with Crippen LogP contribution in [0.2, 0.25) is 5.02 Å². The molecule has 0 heterocycles. The summed E-state index contributed by atoms with van der Waals surface area (Å²) in [6, 6.07) is 4.76. The van der Waals surface area contributed by atoms with Crippen molar-refractivity contribution in [2.24, 2.45) is 0 Å². The van der Waals surface area contributed by atoms with Crippen molar-refractivity contribution in [1.82, 2.24) is 5.32 Å². The van der Waals surface area contributed by atoms with Gasteiger partial charge in [-0.2, -0.15) is 0 Å². The lowest BCUT2D eigenvalue weighted by atomic mass is 10.1. The van der Waals surface area contributed by atoms with E-state index in [1.165, 1.54) is 25.0 Å². The van der Waals surface area contributed by atoms with E-state index < -0.39 is 11.4 Å². The molecule has 1 aromatic rings. The first-order valence-corrected chi connectivity index (χ1v) is 6.38. The van der Waals surface area contributed by atoms with Crippen LogP contribution in [0.4, 0.5) is 4.39 Å². The number of hydrogen-bond acceptors (Lipinski definition) is 3. The van der Waals surface area contributed by atoms with Crippen LogP contribution in [0.3, 0.4) is 0 Å². The summed E-state index contributed by atoms with van der Waals surface area (Å²) in [5.74, 6) is -0.159. The van der Waals surface area contributed by atoms with Gasteiger partial charge >= 0.3 is 0 Å². The summed E-state index contributed by atoms with van der Waals surface area (Å²) in [6.45, 7) is 2.26. The molecule has 18 heavy (non-hydrogen) atoms. The Morgan fingerprint density at radius 2 is 2.28 bits per heavy atom. The van der Waals surface area contributed by atoms with Gasteiger partial charge in [-0.3, -0.25) is 0 Å². The number of rotatable bonds is 6. The Labute approximate surface area is 111 Å². The van der Waals surface area contributed by atoms with E-state index in [-0.39, 0.29) is 11.6 Å². The van der Waals surface area contributed by atoms with Crippen LogP contribution < -0.4 is 10.1 Å². The minimum Gasteiger partial charge on any atom is -0.490 e. The zero-order valence-corrected chi connectivity index (χ0v) is 11.0. The molecule has 1 atom stereocenters. The van der Waals surface area contributed by atoms with E-state index in [0.29, 0.717) is 18.3 Å². The molecule has 0 spiro atoms. The first kappa shape index (κ1) is 13.6. The van der Waals surface area contributed by atoms with Gasteiger partial charge in [0.25, 0.3) is 0 Å². The minimum absolute atomic E-state index is 0.0597. The van der Waals surface area contributed by atoms with Gasteiger partial charge in [-0.15, -0.1) is 0 Å². The average molecular weight is 274 g/mol. The standard InChI is InChI=1S/C13H17ClFNO2/c1-13(17,7-16-9-2-3-9)8-18-10-4-5-11(14)12(15)6-10/h4-6,9,16-17H,2-3,7-8H2,1H3. The van der Waals surface area contributed by atoms with Gasteiger partial charge in [-0.05, 0) is 31.9 Å². The van der Waals surface area contributed by atoms with Crippen molar-refractivity contribution in [3.63, 3.8) is 0 Å². The third kappa shape index (κ3) is 4.12. The molecule has 5 heteroatoms. The van der Waals surface area contributed by atoms with Crippen LogP contribution in [0.25, 0.3) is 0 Å². The van der Waals surface area contributed by atoms with Gasteiger partial charge < -0.3 is 15.2 Å². The number of ether oxygens (including phenoxy) is 1. The van der Waals surface area contributed by atoms with Gasteiger partial charge in [-0.25, -0.2) is 4.39 Å². The van der Waals surface area contributed by atoms with Crippen LogP contribution in [0.5, 0.6) is 5.75 Å². The Balaban J connectivity index is 1.82. The Morgan fingerprint density at radius 3 is 2.89 bits per heavy atom. The molecule has 1 aliphatic rings. The molecular formula is C13H17ClFNO2. The number of nitrogens with one attached hydrogen (secondary N) is 1. The molecule has 1 saturated carbocycles. The maximum absolute atomic E-state index is 13.2. The molecule has 1 fully saturated rings. The fraction of sp³-hybridized carbons (Fsp3) is 0.538. The van der Waals surface area contributed by atoms with Crippen LogP contribution in [0, 0.1) is 5.82 Å². The van der Waals surface area contributed by atoms with Crippen LogP contribution in [-0.4, -0.2) is 29.9 Å². The van der Waals surface area contributed by atoms with Gasteiger partial charge in [0.15, 0.2) is 0 Å². The van der Waals surface area contributed by atoms with E-state index in [4.69, 9.17) is 16.3 Å². The van der Waals surface area contributed by atoms with Crippen LogP contribution in [0.1, 0.15) is 19.8 Å². The molecule has 100 valence electrons. The fourth-order valence-electron chi connectivity index (χ4n) is 1.51. The molecule has 0 amide bonds. The summed E-state index contributed by atoms with van der Waals surface area (Å²) < 4.78 is 18.5. The molecule has 0 bridgehead atoms. The highest BCUT2D eigenvalue weighted by molar-refractivity contribution is 6.30. The first-order chi connectivity index (χ1) is 8.46. The zero-order chi connectivity index (χ0) is 13.2. The maximum atomic E-state index is 13.2. The predicted octanol–water partition coefficient (Wildman–Crippen LogP) is 2.36. The molecule has 1 aliphatic carbocycles. The average Bonchev–Trinajstić information content (AvgIpc) is 3.12. The smallest absolute Gasteiger partial charge is 0.145 e. The lowest BCUT2D eigenvalue weighted by Crippen LogP contribution is -2.43. The predicted molar refractivity (Wildman–Crippen MR) is 68.6 cm³/mol. The molecular weight excluding hydrogens is 257 g/mol. The van der Waals surface area contributed by atoms with Gasteiger partial charge in [0.2, 0.25) is 0 Å². The van der Waals surface area contributed by atoms with Crippen LogP contribution in [0.15, 0.2) is 18.2 Å². The highest BCUT2D eigenvalue weighted by Crippen LogP contribution is 2.22. The van der Waals surface area contributed by atoms with E-state index >= 15 is 0 Å². The number of benzene rings is 1. The van der Waals surface area contributed by atoms with E-state index in [1.54, 1.807) is 13.0 Å². The third-order valence-electron chi connectivity index (χ3n) is 2.79. The Morgan fingerprint density at radius 1 is 1.56 bits per heavy atom. The second-order valence-electron chi connectivity index (χ2n) is 5.02. The van der Waals surface area contributed by atoms with Gasteiger partial charge in [0.1, 0.15) is 23.8 Å². The molecule has 0 saturated heterocycles. The summed E-state index contributed by atoms with van der Waals surface area (Å²) in [5.41, 5.74) is -0.974. The van der Waals surface area contributed by atoms with E-state index in [0.717, 1.165) is 0 Å². The monoisotopic (exact) mass is 273 g/mol. The second kappa shape index (κ2) is 5.43.